The second-order valence-electron chi connectivity index (χ2n) is 24.4. The second kappa shape index (κ2) is 24.4. The quantitative estimate of drug-likeness (QED) is 0.122. The molecule has 2 fully saturated rings. The number of nitrogens with zero attached hydrogens (tertiary/aromatic N) is 11. The number of amides is 2. The summed E-state index contributed by atoms with van der Waals surface area (Å²) in [6.45, 7) is 26.4. The molecule has 2 aliphatic rings. The van der Waals surface area contributed by atoms with Gasteiger partial charge >= 0.3 is 23.8 Å². The molecular weight excluding hydrogens is 1110 g/mol. The number of piperidine rings is 2. The van der Waals surface area contributed by atoms with Gasteiger partial charge in [0.15, 0.2) is 0 Å². The number of hydrogen-bond donors (Lipinski definition) is 3. The summed E-state index contributed by atoms with van der Waals surface area (Å²) >= 11 is 2.38. The Bertz CT molecular complexity index is 3770. The number of nitrogens with one attached hydrogen (secondary N) is 3. The molecule has 0 unspecified atom stereocenters. The number of ether oxygens (including phenoxy) is 2. The molecule has 8 aromatic heterocycles. The molecule has 1 aromatic carbocycles. The van der Waals surface area contributed by atoms with Crippen LogP contribution in [-0.2, 0) is 21.0 Å². The monoisotopic (exact) mass is 1180 g/mol. The lowest BCUT2D eigenvalue weighted by Crippen LogP contribution is -2.53. The summed E-state index contributed by atoms with van der Waals surface area (Å²) in [6.07, 6.45) is 12.5. The van der Waals surface area contributed by atoms with Crippen molar-refractivity contribution in [1.29, 1.82) is 0 Å². The van der Waals surface area contributed by atoms with Gasteiger partial charge in [-0.1, -0.05) is 45.9 Å². The van der Waals surface area contributed by atoms with E-state index >= 15 is 0 Å². The Morgan fingerprint density at radius 3 is 1.61 bits per heavy atom. The number of fused-ring (bicyclic) bond motifs is 2. The first kappa shape index (κ1) is 59.6. The highest BCUT2D eigenvalue weighted by Gasteiger charge is 2.39. The van der Waals surface area contributed by atoms with Crippen molar-refractivity contribution >= 4 is 80.4 Å². The Kier molecular flexibility index (Phi) is 17.5. The molecule has 2 atom stereocenters. The van der Waals surface area contributed by atoms with Gasteiger partial charge in [0, 0.05) is 114 Å². The predicted molar refractivity (Wildman–Crippen MR) is 327 cm³/mol. The summed E-state index contributed by atoms with van der Waals surface area (Å²) in [5.74, 6) is 1.06. The Labute approximate surface area is 494 Å². The maximum absolute atomic E-state index is 13.0. The highest BCUT2D eigenvalue weighted by molar-refractivity contribution is 7.51. The number of aryl methyl sites for hydroxylation is 2. The van der Waals surface area contributed by atoms with E-state index in [1.807, 2.05) is 115 Å². The molecule has 2 aliphatic heterocycles. The Morgan fingerprint density at radius 2 is 1.13 bits per heavy atom. The zero-order valence-corrected chi connectivity index (χ0v) is 51.3. The molecule has 2 amide bonds. The zero-order chi connectivity index (χ0) is 59.4. The Morgan fingerprint density at radius 1 is 0.651 bits per heavy atom. The third kappa shape index (κ3) is 14.8. The second-order valence-corrected chi connectivity index (χ2v) is 26.4. The van der Waals surface area contributed by atoms with Crippen LogP contribution in [0.4, 0.5) is 21.5 Å². The zero-order valence-electron chi connectivity index (χ0n) is 48.8. The standard InChI is InChI=1S/C33H37N7O2S.C27H33N7O2S.O2S/c1-21-17-35-30(36-22-16-33(5,6)20-39(18-22)31(41)42-32(2,3)4)38-27(21)25-19-40(23-10-8-7-9-11-23)28-24(25)12-13-26(37-28)29-34-14-15-43-29;1-16-12-30-24(31-17-11-27(5,6)15-34(14-17)25(35)36-26(2,3)4)33-21(16)19-13-29-22-18(19)7-8-20(32-22)23-28-9-10-37-23;1-3-2/h7-15,17,19,22H,16,18,20H2,1-6H3,(H,35,36,38);7-10,12-13,17H,11,14-15H2,1-6H3,(H,29,32)(H,30,31,33);/t22-;17-;/m00./s1. The molecule has 9 aromatic rings. The lowest BCUT2D eigenvalue weighted by atomic mass is 9.82. The molecule has 20 nitrogen and oxygen atoms in total. The average molecular weight is 1180 g/mol. The molecule has 0 spiro atoms. The number of anilines is 2. The van der Waals surface area contributed by atoms with Crippen molar-refractivity contribution in [3.63, 3.8) is 0 Å². The van der Waals surface area contributed by atoms with E-state index in [0.717, 1.165) is 95.6 Å². The largest absolute Gasteiger partial charge is 0.444 e. The Hall–Kier alpha value is -8.02. The van der Waals surface area contributed by atoms with E-state index in [1.165, 1.54) is 0 Å². The molecule has 2 saturated heterocycles. The molecule has 3 N–H and O–H groups in total. The van der Waals surface area contributed by atoms with Gasteiger partial charge in [0.2, 0.25) is 11.9 Å². The topological polar surface area (TPSA) is 241 Å². The molecule has 0 saturated carbocycles. The number of aromatic nitrogens is 10. The molecule has 434 valence electrons. The molecule has 0 radical (unpaired) electrons. The first-order valence-electron chi connectivity index (χ1n) is 27.3. The number of carbonyl (C=O) groups is 2. The van der Waals surface area contributed by atoms with Gasteiger partial charge in [0.05, 0.1) is 11.4 Å². The smallest absolute Gasteiger partial charge is 0.410 e. The van der Waals surface area contributed by atoms with E-state index in [9.17, 15) is 9.59 Å². The number of carbonyl (C=O) groups excluding carboxylic acids is 2. The third-order valence-electron chi connectivity index (χ3n) is 13.7. The summed E-state index contributed by atoms with van der Waals surface area (Å²) in [6, 6.07) is 18.3. The highest BCUT2D eigenvalue weighted by Crippen LogP contribution is 2.38. The number of hydrogen-bond acceptors (Lipinski definition) is 18. The van der Waals surface area contributed by atoms with Gasteiger partial charge in [0.25, 0.3) is 0 Å². The fourth-order valence-corrected chi connectivity index (χ4v) is 11.8. The summed E-state index contributed by atoms with van der Waals surface area (Å²) in [4.78, 5) is 70.4. The van der Waals surface area contributed by atoms with Gasteiger partial charge < -0.3 is 39.5 Å². The number of pyridine rings is 2. The molecule has 11 rings (SSSR count). The molecule has 23 heteroatoms. The number of para-hydroxylation sites is 1. The molecule has 10 heterocycles. The van der Waals surface area contributed by atoms with E-state index < -0.39 is 22.8 Å². The van der Waals surface area contributed by atoms with Gasteiger partial charge in [-0.05, 0) is 127 Å². The van der Waals surface area contributed by atoms with Crippen molar-refractivity contribution in [2.75, 3.05) is 36.8 Å². The van der Waals surface area contributed by atoms with Crippen LogP contribution in [0.3, 0.4) is 0 Å². The van der Waals surface area contributed by atoms with Crippen molar-refractivity contribution in [3.8, 4) is 49.6 Å². The lowest BCUT2D eigenvalue weighted by Gasteiger charge is -2.42. The van der Waals surface area contributed by atoms with Crippen LogP contribution in [0.15, 0.2) is 103 Å². The van der Waals surface area contributed by atoms with Crippen LogP contribution in [0.2, 0.25) is 0 Å². The van der Waals surface area contributed by atoms with Gasteiger partial charge in [0.1, 0.15) is 43.9 Å². The lowest BCUT2D eigenvalue weighted by molar-refractivity contribution is 0.00647. The number of aromatic amines is 1. The van der Waals surface area contributed by atoms with Crippen molar-refractivity contribution < 1.29 is 27.5 Å². The maximum atomic E-state index is 13.0. The van der Waals surface area contributed by atoms with Crippen LogP contribution in [0, 0.1) is 24.7 Å². The fourth-order valence-electron chi connectivity index (χ4n) is 10.6. The van der Waals surface area contributed by atoms with Gasteiger partial charge in [-0.3, -0.25) is 0 Å². The normalized spacial score (nSPS) is 16.7. The van der Waals surface area contributed by atoms with E-state index in [4.69, 9.17) is 37.8 Å². The number of rotatable bonds is 9. The van der Waals surface area contributed by atoms with Gasteiger partial charge in [-0.25, -0.2) is 49.5 Å². The molecule has 0 bridgehead atoms. The van der Waals surface area contributed by atoms with Crippen LogP contribution >= 0.6 is 22.7 Å². The number of benzene rings is 1. The number of thiazole rings is 2. The van der Waals surface area contributed by atoms with Crippen LogP contribution in [0.5, 0.6) is 0 Å². The van der Waals surface area contributed by atoms with Gasteiger partial charge in [-0.2, -0.15) is 8.42 Å². The van der Waals surface area contributed by atoms with Crippen LogP contribution < -0.4 is 10.6 Å². The van der Waals surface area contributed by atoms with Crippen molar-refractivity contribution in [2.45, 2.75) is 119 Å². The summed E-state index contributed by atoms with van der Waals surface area (Å²) in [7, 11) is 0. The third-order valence-corrected chi connectivity index (χ3v) is 15.3. The Balaban J connectivity index is 0.000000193. The minimum absolute atomic E-state index is 0.00249. The van der Waals surface area contributed by atoms with Crippen LogP contribution in [0.25, 0.3) is 71.7 Å². The summed E-state index contributed by atoms with van der Waals surface area (Å²) in [5.41, 5.74) is 8.60. The van der Waals surface area contributed by atoms with Crippen LogP contribution in [-0.4, -0.2) is 129 Å². The minimum atomic E-state index is -0.750. The van der Waals surface area contributed by atoms with Crippen molar-refractivity contribution in [1.82, 2.24) is 59.2 Å². The fraction of sp³-hybridized carbons (Fsp3) is 0.400. The molecular formula is C60H70N14O6S3. The number of likely N-dealkylation sites (tertiary alicyclic amines) is 2. The first-order chi connectivity index (χ1) is 39.3. The number of H-pyrrole nitrogens is 1. The molecule has 83 heavy (non-hydrogen) atoms. The van der Waals surface area contributed by atoms with Crippen molar-refractivity contribution in [2.24, 2.45) is 10.8 Å². The SMILES string of the molecule is Cc1cnc(N[C@@H]2CN(C(=O)OC(C)(C)C)CC(C)(C)C2)nc1-c1c[nH]c2nc(-c3nccs3)ccc12.Cc1cnc(N[C@@H]2CN(C(=O)OC(C)(C)C)CC(C)(C)C2)nc1-c1cn(-c2ccccc2)c2nc(-c3nccs3)ccc12.O=S=O. The first-order valence-corrected chi connectivity index (χ1v) is 29.7. The maximum Gasteiger partial charge on any atom is 0.410 e. The van der Waals surface area contributed by atoms with Crippen molar-refractivity contribution in [3.05, 3.63) is 114 Å². The van der Waals surface area contributed by atoms with Gasteiger partial charge in [-0.15, -0.1) is 22.7 Å². The van der Waals surface area contributed by atoms with E-state index in [2.05, 4.69) is 98.3 Å². The van der Waals surface area contributed by atoms with E-state index in [-0.39, 0.29) is 35.1 Å². The predicted octanol–water partition coefficient (Wildman–Crippen LogP) is 12.6. The van der Waals surface area contributed by atoms with E-state index in [0.29, 0.717) is 38.1 Å². The minimum Gasteiger partial charge on any atom is -0.444 e. The van der Waals surface area contributed by atoms with E-state index in [1.54, 1.807) is 44.9 Å². The average Bonchev–Trinajstić information content (AvgIpc) is 4.04. The summed E-state index contributed by atoms with van der Waals surface area (Å²) in [5, 5.41) is 14.7. The van der Waals surface area contributed by atoms with Crippen LogP contribution in [0.1, 0.15) is 93.2 Å². The highest BCUT2D eigenvalue weighted by atomic mass is 32.1. The molecule has 0 aliphatic carbocycles. The summed E-state index contributed by atoms with van der Waals surface area (Å²) < 4.78 is 30.0.